The van der Waals surface area contributed by atoms with Gasteiger partial charge in [-0.3, -0.25) is 10.2 Å². The summed E-state index contributed by atoms with van der Waals surface area (Å²) in [5.74, 6) is 0.0646. The first kappa shape index (κ1) is 15.2. The lowest BCUT2D eigenvalue weighted by atomic mass is 10.1. The Morgan fingerprint density at radius 1 is 1.24 bits per heavy atom. The molecular formula is C15H23N5O. The SMILES string of the molecule is CC(=O)N1C[C@H](C)N(c2ccc(NC(=N)N)cc2)C[C@H]1C. The van der Waals surface area contributed by atoms with Crippen LogP contribution in [0.2, 0.25) is 0 Å². The first-order chi connectivity index (χ1) is 9.88. The third-order valence-electron chi connectivity index (χ3n) is 3.87. The molecule has 2 rings (SSSR count). The highest BCUT2D eigenvalue weighted by Gasteiger charge is 2.30. The zero-order chi connectivity index (χ0) is 15.6. The Bertz CT molecular complexity index is 527. The summed E-state index contributed by atoms with van der Waals surface area (Å²) in [5, 5.41) is 9.99. The zero-order valence-electron chi connectivity index (χ0n) is 12.8. The number of benzene rings is 1. The van der Waals surface area contributed by atoms with Gasteiger partial charge in [-0.25, -0.2) is 0 Å². The van der Waals surface area contributed by atoms with Gasteiger partial charge in [-0.05, 0) is 38.1 Å². The molecule has 0 aliphatic carbocycles. The van der Waals surface area contributed by atoms with Gasteiger partial charge in [0.2, 0.25) is 5.91 Å². The van der Waals surface area contributed by atoms with Gasteiger partial charge in [0.1, 0.15) is 0 Å². The van der Waals surface area contributed by atoms with E-state index in [0.29, 0.717) is 0 Å². The molecule has 114 valence electrons. The van der Waals surface area contributed by atoms with Gasteiger partial charge in [-0.2, -0.15) is 0 Å². The van der Waals surface area contributed by atoms with Gasteiger partial charge in [0.05, 0.1) is 0 Å². The summed E-state index contributed by atoms with van der Waals surface area (Å²) in [6.07, 6.45) is 0. The number of guanidine groups is 1. The van der Waals surface area contributed by atoms with Crippen LogP contribution < -0.4 is 16.0 Å². The van der Waals surface area contributed by atoms with Crippen molar-refractivity contribution in [1.82, 2.24) is 4.90 Å². The minimum absolute atomic E-state index is 0.0696. The highest BCUT2D eigenvalue weighted by Crippen LogP contribution is 2.24. The quantitative estimate of drug-likeness (QED) is 0.568. The highest BCUT2D eigenvalue weighted by atomic mass is 16.2. The van der Waals surface area contributed by atoms with Crippen molar-refractivity contribution < 1.29 is 4.79 Å². The number of amides is 1. The van der Waals surface area contributed by atoms with Crippen molar-refractivity contribution in [2.45, 2.75) is 32.9 Å². The molecule has 1 aliphatic heterocycles. The Hall–Kier alpha value is -2.24. The first-order valence-corrected chi connectivity index (χ1v) is 7.13. The van der Waals surface area contributed by atoms with Gasteiger partial charge in [-0.15, -0.1) is 0 Å². The van der Waals surface area contributed by atoms with Crippen LogP contribution in [-0.2, 0) is 4.79 Å². The Morgan fingerprint density at radius 2 is 1.86 bits per heavy atom. The Morgan fingerprint density at radius 3 is 2.38 bits per heavy atom. The number of hydrogen-bond acceptors (Lipinski definition) is 3. The van der Waals surface area contributed by atoms with E-state index in [0.717, 1.165) is 24.5 Å². The standard InChI is InChI=1S/C15H23N5O/c1-10-9-20(11(2)8-19(10)12(3)21)14-6-4-13(5-7-14)18-15(16)17/h4-7,10-11H,8-9H2,1-3H3,(H4,16,17,18)/t10-,11+/m1/s1. The number of piperazine rings is 1. The molecule has 0 aromatic heterocycles. The minimum Gasteiger partial charge on any atom is -0.370 e. The van der Waals surface area contributed by atoms with E-state index in [1.165, 1.54) is 0 Å². The van der Waals surface area contributed by atoms with Crippen LogP contribution in [0, 0.1) is 5.41 Å². The van der Waals surface area contributed by atoms with Gasteiger partial charge in [-0.1, -0.05) is 0 Å². The van der Waals surface area contributed by atoms with Gasteiger partial charge < -0.3 is 20.9 Å². The maximum Gasteiger partial charge on any atom is 0.219 e. The normalized spacial score (nSPS) is 22.0. The van der Waals surface area contributed by atoms with Crippen LogP contribution in [0.3, 0.4) is 0 Å². The van der Waals surface area contributed by atoms with Gasteiger partial charge >= 0.3 is 0 Å². The fraction of sp³-hybridized carbons (Fsp3) is 0.467. The number of nitrogens with one attached hydrogen (secondary N) is 2. The predicted molar refractivity (Wildman–Crippen MR) is 85.6 cm³/mol. The van der Waals surface area contributed by atoms with Gasteiger partial charge in [0.25, 0.3) is 0 Å². The average molecular weight is 289 g/mol. The van der Waals surface area contributed by atoms with Crippen molar-refractivity contribution in [2.75, 3.05) is 23.3 Å². The highest BCUT2D eigenvalue weighted by molar-refractivity contribution is 5.89. The fourth-order valence-corrected chi connectivity index (χ4v) is 2.82. The van der Waals surface area contributed by atoms with Gasteiger partial charge in [0.15, 0.2) is 5.96 Å². The summed E-state index contributed by atoms with van der Waals surface area (Å²) in [6.45, 7) is 7.39. The summed E-state index contributed by atoms with van der Waals surface area (Å²) >= 11 is 0. The smallest absolute Gasteiger partial charge is 0.219 e. The number of anilines is 2. The lowest BCUT2D eigenvalue weighted by Crippen LogP contribution is -2.57. The number of nitrogens with two attached hydrogens (primary N) is 1. The number of nitrogens with zero attached hydrogens (tertiary/aromatic N) is 2. The maximum absolute atomic E-state index is 11.6. The molecule has 1 saturated heterocycles. The number of rotatable bonds is 2. The molecule has 6 heteroatoms. The zero-order valence-corrected chi connectivity index (χ0v) is 12.8. The topological polar surface area (TPSA) is 85.5 Å². The Kier molecular flexibility index (Phi) is 4.35. The van der Waals surface area contributed by atoms with Gasteiger partial charge in [0, 0.05) is 43.5 Å². The van der Waals surface area contributed by atoms with E-state index in [2.05, 4.69) is 24.1 Å². The molecule has 1 aromatic carbocycles. The first-order valence-electron chi connectivity index (χ1n) is 7.13. The Labute approximate surface area is 125 Å². The van der Waals surface area contributed by atoms with Crippen molar-refractivity contribution in [3.05, 3.63) is 24.3 Å². The van der Waals surface area contributed by atoms with Crippen molar-refractivity contribution >= 4 is 23.2 Å². The van der Waals surface area contributed by atoms with E-state index in [-0.39, 0.29) is 24.0 Å². The largest absolute Gasteiger partial charge is 0.370 e. The van der Waals surface area contributed by atoms with E-state index < -0.39 is 0 Å². The minimum atomic E-state index is -0.0696. The Balaban J connectivity index is 2.11. The molecule has 1 aromatic rings. The van der Waals surface area contributed by atoms with E-state index in [9.17, 15) is 4.79 Å². The maximum atomic E-state index is 11.6. The van der Waals surface area contributed by atoms with Crippen molar-refractivity contribution in [3.8, 4) is 0 Å². The molecule has 6 nitrogen and oxygen atoms in total. The summed E-state index contributed by atoms with van der Waals surface area (Å²) in [6, 6.07) is 8.32. The number of carbonyl (C=O) groups excluding carboxylic acids is 1. The molecule has 0 unspecified atom stereocenters. The molecule has 0 radical (unpaired) electrons. The molecule has 1 amide bonds. The lowest BCUT2D eigenvalue weighted by Gasteiger charge is -2.45. The number of carbonyl (C=O) groups is 1. The van der Waals surface area contributed by atoms with Crippen LogP contribution >= 0.6 is 0 Å². The lowest BCUT2D eigenvalue weighted by molar-refractivity contribution is -0.131. The fourth-order valence-electron chi connectivity index (χ4n) is 2.82. The second kappa shape index (κ2) is 6.03. The van der Waals surface area contributed by atoms with Crippen molar-refractivity contribution in [2.24, 2.45) is 5.73 Å². The van der Waals surface area contributed by atoms with Crippen LogP contribution in [0.15, 0.2) is 24.3 Å². The molecule has 0 spiro atoms. The molecule has 0 saturated carbocycles. The third-order valence-corrected chi connectivity index (χ3v) is 3.87. The molecule has 1 aliphatic rings. The van der Waals surface area contributed by atoms with E-state index in [1.54, 1.807) is 6.92 Å². The van der Waals surface area contributed by atoms with E-state index in [4.69, 9.17) is 11.1 Å². The average Bonchev–Trinajstić information content (AvgIpc) is 2.41. The monoisotopic (exact) mass is 289 g/mol. The van der Waals surface area contributed by atoms with Crippen LogP contribution in [0.1, 0.15) is 20.8 Å². The summed E-state index contributed by atoms with van der Waals surface area (Å²) < 4.78 is 0. The molecule has 4 N–H and O–H groups in total. The summed E-state index contributed by atoms with van der Waals surface area (Å²) in [5.41, 5.74) is 7.23. The van der Waals surface area contributed by atoms with Crippen molar-refractivity contribution in [3.63, 3.8) is 0 Å². The van der Waals surface area contributed by atoms with Crippen molar-refractivity contribution in [1.29, 1.82) is 5.41 Å². The third kappa shape index (κ3) is 3.45. The summed E-state index contributed by atoms with van der Waals surface area (Å²) in [4.78, 5) is 15.8. The summed E-state index contributed by atoms with van der Waals surface area (Å²) in [7, 11) is 0. The second-order valence-corrected chi connectivity index (χ2v) is 5.61. The molecular weight excluding hydrogens is 266 g/mol. The molecule has 21 heavy (non-hydrogen) atoms. The van der Waals surface area contributed by atoms with E-state index >= 15 is 0 Å². The van der Waals surface area contributed by atoms with Crippen LogP contribution in [-0.4, -0.2) is 41.9 Å². The molecule has 0 bridgehead atoms. The predicted octanol–water partition coefficient (Wildman–Crippen LogP) is 1.44. The molecule has 1 heterocycles. The van der Waals surface area contributed by atoms with E-state index in [1.807, 2.05) is 29.2 Å². The van der Waals surface area contributed by atoms with Crippen LogP contribution in [0.5, 0.6) is 0 Å². The molecule has 1 fully saturated rings. The van der Waals surface area contributed by atoms with Crippen LogP contribution in [0.4, 0.5) is 11.4 Å². The number of hydrogen-bond donors (Lipinski definition) is 3. The van der Waals surface area contributed by atoms with Crippen LogP contribution in [0.25, 0.3) is 0 Å². The second-order valence-electron chi connectivity index (χ2n) is 5.61. The molecule has 2 atom stereocenters.